The Kier molecular flexibility index (Phi) is 5.65. The van der Waals surface area contributed by atoms with E-state index in [-0.39, 0.29) is 11.8 Å². The molecule has 148 valence electrons. The van der Waals surface area contributed by atoms with Gasteiger partial charge in [0.25, 0.3) is 0 Å². The number of anilines is 2. The number of aryl methyl sites for hydroxylation is 1. The fraction of sp³-hybridized carbons (Fsp3) is 0.273. The molecule has 1 saturated heterocycles. The van der Waals surface area contributed by atoms with Gasteiger partial charge in [-0.3, -0.25) is 9.78 Å². The maximum Gasteiger partial charge on any atom is 0.237 e. The van der Waals surface area contributed by atoms with Crippen LogP contribution in [0.4, 0.5) is 11.5 Å². The van der Waals surface area contributed by atoms with E-state index in [9.17, 15) is 4.79 Å². The zero-order chi connectivity index (χ0) is 20.1. The van der Waals surface area contributed by atoms with Crippen LogP contribution in [0, 0.1) is 12.8 Å². The fourth-order valence-electron chi connectivity index (χ4n) is 3.36. The zero-order valence-corrected chi connectivity index (χ0v) is 16.3. The number of nitrogens with zero attached hydrogens (tertiary/aromatic N) is 4. The summed E-state index contributed by atoms with van der Waals surface area (Å²) in [6.07, 6.45) is 8.18. The summed E-state index contributed by atoms with van der Waals surface area (Å²) in [6.45, 7) is 3.68. The fourth-order valence-corrected chi connectivity index (χ4v) is 3.36. The number of hydrogen-bond acceptors (Lipinski definition) is 6. The van der Waals surface area contributed by atoms with Gasteiger partial charge in [0.1, 0.15) is 11.6 Å². The zero-order valence-electron chi connectivity index (χ0n) is 16.3. The van der Waals surface area contributed by atoms with Crippen LogP contribution in [0.1, 0.15) is 18.4 Å². The van der Waals surface area contributed by atoms with Gasteiger partial charge in [0.05, 0.1) is 6.20 Å². The normalized spacial score (nSPS) is 14.4. The van der Waals surface area contributed by atoms with Crippen molar-refractivity contribution in [3.8, 4) is 11.6 Å². The molecule has 1 amide bonds. The minimum atomic E-state index is -0.0127. The van der Waals surface area contributed by atoms with Crippen molar-refractivity contribution in [2.75, 3.05) is 23.3 Å². The van der Waals surface area contributed by atoms with E-state index in [1.54, 1.807) is 24.7 Å². The van der Waals surface area contributed by atoms with Crippen LogP contribution in [0.5, 0.6) is 11.6 Å². The van der Waals surface area contributed by atoms with E-state index in [4.69, 9.17) is 4.74 Å². The lowest BCUT2D eigenvalue weighted by Gasteiger charge is -2.32. The van der Waals surface area contributed by atoms with E-state index in [0.717, 1.165) is 37.3 Å². The highest BCUT2D eigenvalue weighted by Crippen LogP contribution is 2.25. The Bertz CT molecular complexity index is 954. The number of rotatable bonds is 5. The third-order valence-electron chi connectivity index (χ3n) is 4.95. The number of hydrogen-bond donors (Lipinski definition) is 1. The largest absolute Gasteiger partial charge is 0.437 e. The number of pyridine rings is 1. The lowest BCUT2D eigenvalue weighted by Crippen LogP contribution is -2.38. The Balaban J connectivity index is 1.33. The number of benzene rings is 1. The summed E-state index contributed by atoms with van der Waals surface area (Å²) in [6, 6.07) is 11.4. The predicted molar refractivity (Wildman–Crippen MR) is 111 cm³/mol. The molecule has 1 aliphatic heterocycles. The highest BCUT2D eigenvalue weighted by atomic mass is 16.5. The van der Waals surface area contributed by atoms with Gasteiger partial charge in [0, 0.05) is 49.4 Å². The number of piperidine rings is 1. The van der Waals surface area contributed by atoms with Gasteiger partial charge in [-0.05, 0) is 43.5 Å². The van der Waals surface area contributed by atoms with Crippen molar-refractivity contribution in [1.29, 1.82) is 0 Å². The van der Waals surface area contributed by atoms with Crippen LogP contribution in [0.2, 0.25) is 0 Å². The van der Waals surface area contributed by atoms with Gasteiger partial charge in [0.2, 0.25) is 11.8 Å². The van der Waals surface area contributed by atoms with Crippen molar-refractivity contribution in [2.45, 2.75) is 19.8 Å². The molecule has 3 heterocycles. The molecule has 0 spiro atoms. The third kappa shape index (κ3) is 4.87. The summed E-state index contributed by atoms with van der Waals surface area (Å²) in [5.74, 6) is 2.01. The number of carbonyl (C=O) groups is 1. The maximum absolute atomic E-state index is 12.7. The summed E-state index contributed by atoms with van der Waals surface area (Å²) >= 11 is 0. The van der Waals surface area contributed by atoms with Gasteiger partial charge in [-0.15, -0.1) is 0 Å². The molecular weight excluding hydrogens is 366 g/mol. The average molecular weight is 389 g/mol. The lowest BCUT2D eigenvalue weighted by molar-refractivity contribution is -0.120. The average Bonchev–Trinajstić information content (AvgIpc) is 2.75. The molecule has 0 atom stereocenters. The summed E-state index contributed by atoms with van der Waals surface area (Å²) in [4.78, 5) is 27.5. The maximum atomic E-state index is 12.7. The molecule has 0 unspecified atom stereocenters. The van der Waals surface area contributed by atoms with Crippen LogP contribution in [0.25, 0.3) is 0 Å². The second kappa shape index (κ2) is 8.68. The standard InChI is InChI=1S/C22H23N5O2/c1-16-5-6-20(25-14-16)27-11-7-17(8-12-27)22(28)26-18-3-2-4-19(13-18)29-21-15-23-9-10-24-21/h2-6,9-10,13-15,17H,7-8,11-12H2,1H3,(H,26,28). The summed E-state index contributed by atoms with van der Waals surface area (Å²) in [7, 11) is 0. The first kappa shape index (κ1) is 18.9. The highest BCUT2D eigenvalue weighted by Gasteiger charge is 2.25. The van der Waals surface area contributed by atoms with Crippen molar-refractivity contribution in [1.82, 2.24) is 15.0 Å². The molecule has 1 aromatic carbocycles. The molecule has 3 aromatic rings. The van der Waals surface area contributed by atoms with Crippen LogP contribution >= 0.6 is 0 Å². The van der Waals surface area contributed by atoms with E-state index >= 15 is 0 Å². The van der Waals surface area contributed by atoms with E-state index in [2.05, 4.69) is 31.2 Å². The molecular formula is C22H23N5O2. The molecule has 1 aliphatic rings. The Hall–Kier alpha value is -3.48. The minimum Gasteiger partial charge on any atom is -0.437 e. The van der Waals surface area contributed by atoms with Crippen molar-refractivity contribution in [3.63, 3.8) is 0 Å². The van der Waals surface area contributed by atoms with Crippen molar-refractivity contribution >= 4 is 17.4 Å². The van der Waals surface area contributed by atoms with Gasteiger partial charge in [-0.1, -0.05) is 12.1 Å². The summed E-state index contributed by atoms with van der Waals surface area (Å²) in [5, 5.41) is 3.01. The smallest absolute Gasteiger partial charge is 0.237 e. The van der Waals surface area contributed by atoms with Crippen molar-refractivity contribution in [3.05, 3.63) is 66.7 Å². The number of amides is 1. The molecule has 2 aromatic heterocycles. The van der Waals surface area contributed by atoms with Crippen LogP contribution in [-0.4, -0.2) is 33.9 Å². The van der Waals surface area contributed by atoms with Crippen molar-refractivity contribution in [2.24, 2.45) is 5.92 Å². The summed E-state index contributed by atoms with van der Waals surface area (Å²) < 4.78 is 5.68. The molecule has 1 fully saturated rings. The molecule has 0 radical (unpaired) electrons. The first-order valence-corrected chi connectivity index (χ1v) is 9.70. The molecule has 7 heteroatoms. The molecule has 7 nitrogen and oxygen atoms in total. The SMILES string of the molecule is Cc1ccc(N2CCC(C(=O)Nc3cccc(Oc4cnccn4)c3)CC2)nc1. The Morgan fingerprint density at radius 2 is 1.97 bits per heavy atom. The quantitative estimate of drug-likeness (QED) is 0.714. The van der Waals surface area contributed by atoms with Gasteiger partial charge in [0.15, 0.2) is 0 Å². The molecule has 0 bridgehead atoms. The molecule has 29 heavy (non-hydrogen) atoms. The number of carbonyl (C=O) groups excluding carboxylic acids is 1. The lowest BCUT2D eigenvalue weighted by atomic mass is 9.95. The number of nitrogens with one attached hydrogen (secondary N) is 1. The Morgan fingerprint density at radius 3 is 2.69 bits per heavy atom. The van der Waals surface area contributed by atoms with E-state index in [1.807, 2.05) is 37.4 Å². The number of aromatic nitrogens is 3. The first-order chi connectivity index (χ1) is 14.2. The Labute approximate surface area is 169 Å². The van der Waals surface area contributed by atoms with Gasteiger partial charge >= 0.3 is 0 Å². The second-order valence-electron chi connectivity index (χ2n) is 7.12. The van der Waals surface area contributed by atoms with Crippen LogP contribution < -0.4 is 15.0 Å². The molecule has 0 aliphatic carbocycles. The topological polar surface area (TPSA) is 80.2 Å². The van der Waals surface area contributed by atoms with Gasteiger partial charge < -0.3 is 15.0 Å². The first-order valence-electron chi connectivity index (χ1n) is 9.70. The van der Waals surface area contributed by atoms with Crippen LogP contribution in [0.3, 0.4) is 0 Å². The minimum absolute atomic E-state index is 0.0127. The highest BCUT2D eigenvalue weighted by molar-refractivity contribution is 5.92. The van der Waals surface area contributed by atoms with Crippen LogP contribution in [0.15, 0.2) is 61.2 Å². The van der Waals surface area contributed by atoms with E-state index in [0.29, 0.717) is 17.3 Å². The van der Waals surface area contributed by atoms with Gasteiger partial charge in [-0.2, -0.15) is 0 Å². The number of ether oxygens (including phenoxy) is 1. The van der Waals surface area contributed by atoms with E-state index < -0.39 is 0 Å². The molecule has 1 N–H and O–H groups in total. The van der Waals surface area contributed by atoms with E-state index in [1.165, 1.54) is 0 Å². The van der Waals surface area contributed by atoms with Crippen LogP contribution in [-0.2, 0) is 4.79 Å². The molecule has 0 saturated carbocycles. The summed E-state index contributed by atoms with van der Waals surface area (Å²) in [5.41, 5.74) is 1.85. The molecule has 4 rings (SSSR count). The van der Waals surface area contributed by atoms with Gasteiger partial charge in [-0.25, -0.2) is 9.97 Å². The second-order valence-corrected chi connectivity index (χ2v) is 7.12. The van der Waals surface area contributed by atoms with Crippen molar-refractivity contribution < 1.29 is 9.53 Å². The predicted octanol–water partition coefficient (Wildman–Crippen LogP) is 3.83. The Morgan fingerprint density at radius 1 is 1.10 bits per heavy atom. The third-order valence-corrected chi connectivity index (χ3v) is 4.95. The monoisotopic (exact) mass is 389 g/mol.